The lowest BCUT2D eigenvalue weighted by atomic mass is 10.1. The van der Waals surface area contributed by atoms with Gasteiger partial charge < -0.3 is 10.2 Å². The number of nitrogens with zero attached hydrogens (tertiary/aromatic N) is 1. The first-order valence-corrected chi connectivity index (χ1v) is 5.32. The number of aryl methyl sites for hydroxylation is 1. The molecule has 1 heterocycles. The third-order valence-corrected chi connectivity index (χ3v) is 2.76. The topological polar surface area (TPSA) is 52.0 Å². The molecule has 3 nitrogen and oxygen atoms in total. The summed E-state index contributed by atoms with van der Waals surface area (Å²) in [6.45, 7) is 4.72. The molecular weight excluding hydrogens is 188 g/mol. The number of hydrogen-bond acceptors (Lipinski definition) is 3. The van der Waals surface area contributed by atoms with Gasteiger partial charge in [0.2, 0.25) is 0 Å². The lowest BCUT2D eigenvalue weighted by Crippen LogP contribution is -2.11. The van der Waals surface area contributed by atoms with Gasteiger partial charge >= 0.3 is 0 Å². The normalized spacial score (nSPS) is 13.3. The summed E-state index contributed by atoms with van der Waals surface area (Å²) in [5.74, 6) is 1.00. The van der Waals surface area contributed by atoms with Crippen molar-refractivity contribution in [2.75, 3.05) is 6.54 Å². The van der Waals surface area contributed by atoms with Crippen LogP contribution in [0.5, 0.6) is 0 Å². The molecule has 0 aliphatic rings. The number of hydrogen-bond donors (Lipinski definition) is 1. The van der Waals surface area contributed by atoms with Crippen molar-refractivity contribution in [2.45, 2.75) is 26.2 Å². The number of oxazole rings is 1. The Hall–Kier alpha value is -1.35. The van der Waals surface area contributed by atoms with Crippen molar-refractivity contribution in [2.24, 2.45) is 5.73 Å². The zero-order valence-electron chi connectivity index (χ0n) is 9.16. The van der Waals surface area contributed by atoms with E-state index in [4.69, 9.17) is 10.2 Å². The van der Waals surface area contributed by atoms with Crippen LogP contribution in [0.25, 0.3) is 11.1 Å². The maximum Gasteiger partial charge on any atom is 0.199 e. The molecule has 0 saturated heterocycles. The zero-order valence-corrected chi connectivity index (χ0v) is 9.16. The average Bonchev–Trinajstić information content (AvgIpc) is 2.65. The summed E-state index contributed by atoms with van der Waals surface area (Å²) in [5, 5.41) is 0. The first-order chi connectivity index (χ1) is 7.26. The predicted molar refractivity (Wildman–Crippen MR) is 60.8 cm³/mol. The molecule has 15 heavy (non-hydrogen) atoms. The Balaban J connectivity index is 2.51. The minimum Gasteiger partial charge on any atom is -0.440 e. The van der Waals surface area contributed by atoms with Gasteiger partial charge in [0.15, 0.2) is 11.5 Å². The molecule has 1 unspecified atom stereocenters. The first kappa shape index (κ1) is 10.2. The van der Waals surface area contributed by atoms with E-state index in [0.29, 0.717) is 6.54 Å². The van der Waals surface area contributed by atoms with Gasteiger partial charge in [-0.15, -0.1) is 0 Å². The van der Waals surface area contributed by atoms with E-state index < -0.39 is 0 Å². The van der Waals surface area contributed by atoms with Crippen molar-refractivity contribution in [3.05, 3.63) is 29.7 Å². The second kappa shape index (κ2) is 4.03. The standard InChI is InChI=1S/C12H16N2O/c1-3-9(7-13)12-14-11-8(2)5-4-6-10(11)15-12/h4-6,9H,3,7,13H2,1-2H3. The summed E-state index contributed by atoms with van der Waals surface area (Å²) in [5.41, 5.74) is 8.64. The summed E-state index contributed by atoms with van der Waals surface area (Å²) < 4.78 is 5.70. The molecule has 0 aliphatic carbocycles. The average molecular weight is 204 g/mol. The van der Waals surface area contributed by atoms with E-state index in [2.05, 4.69) is 11.9 Å². The maximum atomic E-state index is 5.70. The molecule has 2 aromatic rings. The van der Waals surface area contributed by atoms with Crippen LogP contribution in [0.2, 0.25) is 0 Å². The lowest BCUT2D eigenvalue weighted by Gasteiger charge is -2.05. The molecule has 0 bridgehead atoms. The third kappa shape index (κ3) is 1.75. The maximum absolute atomic E-state index is 5.70. The molecular formula is C12H16N2O. The van der Waals surface area contributed by atoms with E-state index in [1.165, 1.54) is 0 Å². The largest absolute Gasteiger partial charge is 0.440 e. The third-order valence-electron chi connectivity index (χ3n) is 2.76. The fourth-order valence-electron chi connectivity index (χ4n) is 1.72. The van der Waals surface area contributed by atoms with E-state index in [0.717, 1.165) is 29.0 Å². The molecule has 1 aromatic carbocycles. The Kier molecular flexibility index (Phi) is 2.73. The fourth-order valence-corrected chi connectivity index (χ4v) is 1.72. The predicted octanol–water partition coefficient (Wildman–Crippen LogP) is 2.59. The molecule has 0 radical (unpaired) electrons. The minimum absolute atomic E-state index is 0.233. The van der Waals surface area contributed by atoms with Crippen LogP contribution in [0.4, 0.5) is 0 Å². The SMILES string of the molecule is CCC(CN)c1nc2c(C)cccc2o1. The smallest absolute Gasteiger partial charge is 0.199 e. The van der Waals surface area contributed by atoms with Crippen molar-refractivity contribution in [3.63, 3.8) is 0 Å². The zero-order chi connectivity index (χ0) is 10.8. The van der Waals surface area contributed by atoms with E-state index >= 15 is 0 Å². The Labute approximate surface area is 89.3 Å². The number of para-hydroxylation sites is 1. The Morgan fingerprint density at radius 2 is 2.27 bits per heavy atom. The van der Waals surface area contributed by atoms with Crippen LogP contribution in [0.3, 0.4) is 0 Å². The van der Waals surface area contributed by atoms with E-state index in [9.17, 15) is 0 Å². The van der Waals surface area contributed by atoms with Gasteiger partial charge in [0.1, 0.15) is 5.52 Å². The number of benzene rings is 1. The molecule has 1 atom stereocenters. The summed E-state index contributed by atoms with van der Waals surface area (Å²) in [7, 11) is 0. The highest BCUT2D eigenvalue weighted by Gasteiger charge is 2.15. The van der Waals surface area contributed by atoms with Crippen LogP contribution in [0.15, 0.2) is 22.6 Å². The summed E-state index contributed by atoms with van der Waals surface area (Å²) in [6, 6.07) is 5.97. The highest BCUT2D eigenvalue weighted by atomic mass is 16.3. The van der Waals surface area contributed by atoms with E-state index in [1.54, 1.807) is 0 Å². The molecule has 0 aliphatic heterocycles. The van der Waals surface area contributed by atoms with Crippen LogP contribution >= 0.6 is 0 Å². The second-order valence-corrected chi connectivity index (χ2v) is 3.81. The number of aromatic nitrogens is 1. The quantitative estimate of drug-likeness (QED) is 0.836. The molecule has 0 fully saturated rings. The molecule has 3 heteroatoms. The first-order valence-electron chi connectivity index (χ1n) is 5.32. The summed E-state index contributed by atoms with van der Waals surface area (Å²) >= 11 is 0. The van der Waals surface area contributed by atoms with Crippen molar-refractivity contribution in [1.29, 1.82) is 0 Å². The van der Waals surface area contributed by atoms with Crippen molar-refractivity contribution in [1.82, 2.24) is 4.98 Å². The van der Waals surface area contributed by atoms with Crippen LogP contribution in [-0.2, 0) is 0 Å². The van der Waals surface area contributed by atoms with Gasteiger partial charge in [0.05, 0.1) is 0 Å². The Morgan fingerprint density at radius 3 is 2.87 bits per heavy atom. The van der Waals surface area contributed by atoms with Gasteiger partial charge in [-0.1, -0.05) is 19.1 Å². The molecule has 80 valence electrons. The minimum atomic E-state index is 0.233. The Morgan fingerprint density at radius 1 is 1.47 bits per heavy atom. The molecule has 2 N–H and O–H groups in total. The molecule has 0 saturated carbocycles. The van der Waals surface area contributed by atoms with Gasteiger partial charge in [-0.2, -0.15) is 0 Å². The van der Waals surface area contributed by atoms with Crippen LogP contribution in [0.1, 0.15) is 30.7 Å². The van der Waals surface area contributed by atoms with Gasteiger partial charge in [-0.25, -0.2) is 4.98 Å². The molecule has 0 amide bonds. The van der Waals surface area contributed by atoms with E-state index in [-0.39, 0.29) is 5.92 Å². The van der Waals surface area contributed by atoms with Crippen molar-refractivity contribution >= 4 is 11.1 Å². The Bertz CT molecular complexity index is 458. The van der Waals surface area contributed by atoms with Gasteiger partial charge in [0.25, 0.3) is 0 Å². The van der Waals surface area contributed by atoms with Crippen molar-refractivity contribution in [3.8, 4) is 0 Å². The monoisotopic (exact) mass is 204 g/mol. The van der Waals surface area contributed by atoms with E-state index in [1.807, 2.05) is 25.1 Å². The van der Waals surface area contributed by atoms with Gasteiger partial charge in [-0.3, -0.25) is 0 Å². The van der Waals surface area contributed by atoms with Crippen LogP contribution in [0, 0.1) is 6.92 Å². The molecule has 2 rings (SSSR count). The van der Waals surface area contributed by atoms with Crippen molar-refractivity contribution < 1.29 is 4.42 Å². The second-order valence-electron chi connectivity index (χ2n) is 3.81. The highest BCUT2D eigenvalue weighted by molar-refractivity contribution is 5.76. The number of fused-ring (bicyclic) bond motifs is 1. The number of nitrogens with two attached hydrogens (primary N) is 1. The van der Waals surface area contributed by atoms with Crippen LogP contribution in [-0.4, -0.2) is 11.5 Å². The summed E-state index contributed by atoms with van der Waals surface area (Å²) in [4.78, 5) is 4.51. The summed E-state index contributed by atoms with van der Waals surface area (Å²) in [6.07, 6.45) is 0.961. The fraction of sp³-hybridized carbons (Fsp3) is 0.417. The number of rotatable bonds is 3. The van der Waals surface area contributed by atoms with Gasteiger partial charge in [0, 0.05) is 12.5 Å². The molecule has 0 spiro atoms. The lowest BCUT2D eigenvalue weighted by molar-refractivity contribution is 0.465. The van der Waals surface area contributed by atoms with Gasteiger partial charge in [-0.05, 0) is 25.0 Å². The highest BCUT2D eigenvalue weighted by Crippen LogP contribution is 2.24. The molecule has 1 aromatic heterocycles. The van der Waals surface area contributed by atoms with Crippen LogP contribution < -0.4 is 5.73 Å².